The summed E-state index contributed by atoms with van der Waals surface area (Å²) in [5.74, 6) is 1.40. The van der Waals surface area contributed by atoms with E-state index in [0.29, 0.717) is 17.6 Å². The Morgan fingerprint density at radius 1 is 1.00 bits per heavy atom. The summed E-state index contributed by atoms with van der Waals surface area (Å²) in [6.45, 7) is 14.4. The van der Waals surface area contributed by atoms with Crippen LogP contribution in [0.2, 0.25) is 0 Å². The van der Waals surface area contributed by atoms with Crippen LogP contribution in [-0.4, -0.2) is 16.9 Å². The Morgan fingerprint density at radius 3 is 2.38 bits per heavy atom. The van der Waals surface area contributed by atoms with Gasteiger partial charge in [-0.3, -0.25) is 9.59 Å². The molecular weight excluding hydrogens is 396 g/mol. The van der Waals surface area contributed by atoms with Gasteiger partial charge in [-0.2, -0.15) is 0 Å². The van der Waals surface area contributed by atoms with Crippen molar-refractivity contribution in [3.63, 3.8) is 0 Å². The molecule has 0 spiro atoms. The highest BCUT2D eigenvalue weighted by molar-refractivity contribution is 5.82. The topological polar surface area (TPSA) is 54.4 Å². The molecular formula is C29H44O3. The smallest absolute Gasteiger partial charge is 0.310 e. The van der Waals surface area contributed by atoms with Gasteiger partial charge in [0.1, 0.15) is 5.78 Å². The molecule has 0 heterocycles. The van der Waals surface area contributed by atoms with Crippen LogP contribution in [0.25, 0.3) is 0 Å². The Labute approximate surface area is 194 Å². The van der Waals surface area contributed by atoms with Gasteiger partial charge in [0, 0.05) is 12.3 Å². The van der Waals surface area contributed by atoms with Crippen LogP contribution >= 0.6 is 0 Å². The third-order valence-electron chi connectivity index (χ3n) is 12.4. The molecule has 3 nitrogen and oxygen atoms in total. The van der Waals surface area contributed by atoms with E-state index < -0.39 is 11.4 Å². The summed E-state index contributed by atoms with van der Waals surface area (Å²) in [5, 5.41) is 10.5. The second-order valence-electron chi connectivity index (χ2n) is 14.0. The van der Waals surface area contributed by atoms with Crippen molar-refractivity contribution in [2.24, 2.45) is 50.7 Å². The molecule has 0 aliphatic heterocycles. The molecule has 0 saturated heterocycles. The Kier molecular flexibility index (Phi) is 4.76. The van der Waals surface area contributed by atoms with Gasteiger partial charge in [0.2, 0.25) is 0 Å². The van der Waals surface area contributed by atoms with E-state index in [1.807, 2.05) is 0 Å². The summed E-state index contributed by atoms with van der Waals surface area (Å²) in [7, 11) is 0. The molecule has 0 aromatic rings. The van der Waals surface area contributed by atoms with Gasteiger partial charge in [0.05, 0.1) is 5.41 Å². The number of carbonyl (C=O) groups is 2. The highest BCUT2D eigenvalue weighted by Gasteiger charge is 2.68. The predicted molar refractivity (Wildman–Crippen MR) is 127 cm³/mol. The summed E-state index contributed by atoms with van der Waals surface area (Å²) in [5.41, 5.74) is 1.64. The van der Waals surface area contributed by atoms with Crippen molar-refractivity contribution in [3.05, 3.63) is 11.6 Å². The second-order valence-corrected chi connectivity index (χ2v) is 14.0. The highest BCUT2D eigenvalue weighted by atomic mass is 16.4. The second kappa shape index (κ2) is 6.72. The molecule has 4 fully saturated rings. The molecule has 0 bridgehead atoms. The maximum Gasteiger partial charge on any atom is 0.310 e. The molecule has 32 heavy (non-hydrogen) atoms. The van der Waals surface area contributed by atoms with E-state index in [1.54, 1.807) is 0 Å². The minimum atomic E-state index is -0.559. The number of carboxylic acids is 1. The van der Waals surface area contributed by atoms with E-state index in [1.165, 1.54) is 12.0 Å². The van der Waals surface area contributed by atoms with Crippen LogP contribution in [0.3, 0.4) is 0 Å². The minimum absolute atomic E-state index is 0.0750. The van der Waals surface area contributed by atoms with Crippen molar-refractivity contribution in [3.8, 4) is 0 Å². The molecule has 0 aromatic heterocycles. The molecule has 178 valence electrons. The number of aliphatic carboxylic acids is 1. The van der Waals surface area contributed by atoms with Gasteiger partial charge < -0.3 is 5.11 Å². The van der Waals surface area contributed by atoms with Crippen LogP contribution in [-0.2, 0) is 9.59 Å². The molecule has 0 amide bonds. The molecule has 4 saturated carbocycles. The van der Waals surface area contributed by atoms with E-state index >= 15 is 0 Å². The summed E-state index contributed by atoms with van der Waals surface area (Å²) >= 11 is 0. The molecule has 5 aliphatic carbocycles. The van der Waals surface area contributed by atoms with Gasteiger partial charge in [-0.05, 0) is 97.2 Å². The van der Waals surface area contributed by atoms with Crippen LogP contribution in [0.1, 0.15) is 106 Å². The largest absolute Gasteiger partial charge is 0.481 e. The summed E-state index contributed by atoms with van der Waals surface area (Å²) in [6.07, 6.45) is 12.4. The normalized spacial score (nSPS) is 52.1. The molecule has 3 heteroatoms. The monoisotopic (exact) mass is 440 g/mol. The molecule has 2 unspecified atom stereocenters. The number of hydrogen-bond donors (Lipinski definition) is 1. The summed E-state index contributed by atoms with van der Waals surface area (Å²) < 4.78 is 0. The Hall–Kier alpha value is -1.12. The Balaban J connectivity index is 1.60. The average Bonchev–Trinajstić information content (AvgIpc) is 2.71. The van der Waals surface area contributed by atoms with Gasteiger partial charge in [-0.1, -0.05) is 53.2 Å². The third-order valence-corrected chi connectivity index (χ3v) is 12.4. The lowest BCUT2D eigenvalue weighted by Gasteiger charge is -2.69. The van der Waals surface area contributed by atoms with Crippen LogP contribution < -0.4 is 0 Å². The number of fused-ring (bicyclic) bond motifs is 7. The zero-order valence-corrected chi connectivity index (χ0v) is 21.2. The fraction of sp³-hybridized carbons (Fsp3) is 0.862. The molecule has 5 aliphatic rings. The van der Waals surface area contributed by atoms with Crippen molar-refractivity contribution in [1.29, 1.82) is 0 Å². The summed E-state index contributed by atoms with van der Waals surface area (Å²) in [6, 6.07) is 0. The fourth-order valence-electron chi connectivity index (χ4n) is 10.0. The number of Topliss-reactive ketones (excluding diaryl/α,β-unsaturated/α-hetero) is 1. The first-order valence-corrected chi connectivity index (χ1v) is 13.3. The van der Waals surface area contributed by atoms with Crippen molar-refractivity contribution in [1.82, 2.24) is 0 Å². The van der Waals surface area contributed by atoms with E-state index in [9.17, 15) is 14.7 Å². The highest BCUT2D eigenvalue weighted by Crippen LogP contribution is 2.74. The lowest BCUT2D eigenvalue weighted by atomic mass is 9.34. The van der Waals surface area contributed by atoms with Gasteiger partial charge in [-0.25, -0.2) is 0 Å². The average molecular weight is 441 g/mol. The van der Waals surface area contributed by atoms with Crippen LogP contribution in [0.15, 0.2) is 11.6 Å². The quantitative estimate of drug-likeness (QED) is 0.444. The molecule has 1 N–H and O–H groups in total. The van der Waals surface area contributed by atoms with Crippen molar-refractivity contribution in [2.45, 2.75) is 106 Å². The number of rotatable bonds is 1. The zero-order chi connectivity index (χ0) is 23.3. The predicted octanol–water partition coefficient (Wildman–Crippen LogP) is 7.05. The van der Waals surface area contributed by atoms with Gasteiger partial charge >= 0.3 is 5.97 Å². The Morgan fingerprint density at radius 2 is 1.69 bits per heavy atom. The third kappa shape index (κ3) is 2.66. The molecule has 0 radical (unpaired) electrons. The maximum absolute atomic E-state index is 12.7. The van der Waals surface area contributed by atoms with Crippen molar-refractivity contribution in [2.75, 3.05) is 0 Å². The first-order chi connectivity index (χ1) is 14.8. The number of hydrogen-bond acceptors (Lipinski definition) is 2. The van der Waals surface area contributed by atoms with Crippen LogP contribution in [0, 0.1) is 50.7 Å². The number of allylic oxidation sites excluding steroid dienone is 2. The summed E-state index contributed by atoms with van der Waals surface area (Å²) in [4.78, 5) is 25.3. The molecule has 5 rings (SSSR count). The minimum Gasteiger partial charge on any atom is -0.481 e. The fourth-order valence-corrected chi connectivity index (χ4v) is 10.0. The van der Waals surface area contributed by atoms with Crippen molar-refractivity contribution >= 4 is 11.8 Å². The molecule has 8 atom stereocenters. The zero-order valence-electron chi connectivity index (χ0n) is 21.2. The van der Waals surface area contributed by atoms with Crippen LogP contribution in [0.5, 0.6) is 0 Å². The molecule has 0 aromatic carbocycles. The van der Waals surface area contributed by atoms with E-state index in [-0.39, 0.29) is 33.5 Å². The lowest BCUT2D eigenvalue weighted by Crippen LogP contribution is -2.63. The van der Waals surface area contributed by atoms with Gasteiger partial charge in [-0.15, -0.1) is 0 Å². The number of carbonyl (C=O) groups excluding carboxylic acids is 1. The lowest BCUT2D eigenvalue weighted by molar-refractivity contribution is -0.180. The number of carboxylic acid groups (broad SMARTS) is 1. The van der Waals surface area contributed by atoms with Gasteiger partial charge in [0.25, 0.3) is 0 Å². The first-order valence-electron chi connectivity index (χ1n) is 13.3. The van der Waals surface area contributed by atoms with Crippen LogP contribution in [0.4, 0.5) is 0 Å². The van der Waals surface area contributed by atoms with Crippen molar-refractivity contribution < 1.29 is 14.7 Å². The Bertz CT molecular complexity index is 885. The van der Waals surface area contributed by atoms with E-state index in [4.69, 9.17) is 0 Å². The first kappa shape index (κ1) is 22.7. The van der Waals surface area contributed by atoms with Gasteiger partial charge in [0.15, 0.2) is 0 Å². The van der Waals surface area contributed by atoms with E-state index in [2.05, 4.69) is 47.6 Å². The van der Waals surface area contributed by atoms with E-state index in [0.717, 1.165) is 57.8 Å². The maximum atomic E-state index is 12.7. The standard InChI is InChI=1S/C29H44O3/c1-18-19-9-12-28(6)23(26(19,4)11-10-22(18)30)8-7-20-21-17-25(2,3)13-15-29(21,24(31)32)16-14-27(20,28)5/h7,18-19,21,23H,8-17H2,1-6H3,(H,31,32)/t18-,19?,21+,23?,26+,27+,28-,29+/m1/s1. The SMILES string of the molecule is C[C@H]1C(=O)CC[C@@]2(C)C1CC[C@]1(C)C2CC=C2[C@@H]3CC(C)(C)CC[C@]3(C(=O)O)CC[C@@]21C. The number of ketones is 1.